The number of hydrogen-bond acceptors (Lipinski definition) is 5. The molecule has 1 aromatic heterocycles. The first-order valence-corrected chi connectivity index (χ1v) is 9.66. The van der Waals surface area contributed by atoms with E-state index in [2.05, 4.69) is 15.5 Å². The van der Waals surface area contributed by atoms with Crippen molar-refractivity contribution in [2.75, 3.05) is 31.6 Å². The van der Waals surface area contributed by atoms with Crippen molar-refractivity contribution in [3.63, 3.8) is 0 Å². The van der Waals surface area contributed by atoms with Gasteiger partial charge in [-0.3, -0.25) is 9.89 Å². The molecule has 2 aliphatic rings. The van der Waals surface area contributed by atoms with Gasteiger partial charge in [0.2, 0.25) is 0 Å². The van der Waals surface area contributed by atoms with Gasteiger partial charge in [0, 0.05) is 36.3 Å². The van der Waals surface area contributed by atoms with E-state index in [1.54, 1.807) is 0 Å². The minimum Gasteiger partial charge on any atom is -0.486 e. The van der Waals surface area contributed by atoms with Crippen LogP contribution in [-0.2, 0) is 0 Å². The lowest BCUT2D eigenvalue weighted by molar-refractivity contribution is 0.0710. The third kappa shape index (κ3) is 3.13. The smallest absolute Gasteiger partial charge is 0.275 e. The molecule has 1 fully saturated rings. The summed E-state index contributed by atoms with van der Waals surface area (Å²) in [7, 11) is 0. The summed E-state index contributed by atoms with van der Waals surface area (Å²) in [5.41, 5.74) is 2.36. The monoisotopic (exact) mass is 378 g/mol. The van der Waals surface area contributed by atoms with E-state index in [0.29, 0.717) is 25.5 Å². The minimum atomic E-state index is -0.0221. The van der Waals surface area contributed by atoms with E-state index in [1.807, 2.05) is 47.4 Å². The van der Waals surface area contributed by atoms with E-state index in [0.717, 1.165) is 47.5 Å². The molecule has 144 valence electrons. The molecule has 0 bridgehead atoms. The summed E-state index contributed by atoms with van der Waals surface area (Å²) >= 11 is 0. The summed E-state index contributed by atoms with van der Waals surface area (Å²) in [4.78, 5) is 14.9. The van der Waals surface area contributed by atoms with Crippen molar-refractivity contribution in [3.8, 4) is 11.5 Å². The molecule has 1 amide bonds. The zero-order chi connectivity index (χ0) is 18.9. The molecule has 0 radical (unpaired) electrons. The molecule has 1 unspecified atom stereocenters. The van der Waals surface area contributed by atoms with Gasteiger partial charge in [0.25, 0.3) is 5.91 Å². The highest BCUT2D eigenvalue weighted by Gasteiger charge is 2.27. The number of benzene rings is 2. The van der Waals surface area contributed by atoms with Crippen molar-refractivity contribution in [2.45, 2.75) is 18.9 Å². The van der Waals surface area contributed by atoms with Gasteiger partial charge in [-0.1, -0.05) is 18.2 Å². The number of anilines is 1. The van der Waals surface area contributed by atoms with Crippen LogP contribution >= 0.6 is 0 Å². The molecule has 28 heavy (non-hydrogen) atoms. The number of nitrogens with one attached hydrogen (secondary N) is 2. The van der Waals surface area contributed by atoms with Crippen LogP contribution in [0.15, 0.2) is 42.5 Å². The quantitative estimate of drug-likeness (QED) is 0.732. The van der Waals surface area contributed by atoms with Crippen molar-refractivity contribution < 1.29 is 14.3 Å². The Labute approximate surface area is 162 Å². The molecule has 0 spiro atoms. The van der Waals surface area contributed by atoms with Crippen molar-refractivity contribution in [1.82, 2.24) is 15.1 Å². The molecule has 2 N–H and O–H groups in total. The van der Waals surface area contributed by atoms with Gasteiger partial charge in [0.1, 0.15) is 13.2 Å². The number of piperidine rings is 1. The fraction of sp³-hybridized carbons (Fsp3) is 0.333. The van der Waals surface area contributed by atoms with E-state index in [-0.39, 0.29) is 11.9 Å². The van der Waals surface area contributed by atoms with Gasteiger partial charge >= 0.3 is 0 Å². The predicted molar refractivity (Wildman–Crippen MR) is 106 cm³/mol. The van der Waals surface area contributed by atoms with Crippen LogP contribution in [0.25, 0.3) is 10.9 Å². The standard InChI is InChI=1S/C21H22N4O3/c26-21(20-16-5-1-2-6-17(16)23-24-20)25-9-3-4-15(13-25)22-14-7-8-18-19(12-14)28-11-10-27-18/h1-2,5-8,12,15,22H,3-4,9-11,13H2,(H,23,24). The fourth-order valence-electron chi connectivity index (χ4n) is 3.92. The Hall–Kier alpha value is -3.22. The molecule has 2 aliphatic heterocycles. The Kier molecular flexibility index (Phi) is 4.27. The van der Waals surface area contributed by atoms with Crippen LogP contribution in [0.1, 0.15) is 23.3 Å². The van der Waals surface area contributed by atoms with Crippen molar-refractivity contribution in [3.05, 3.63) is 48.2 Å². The highest BCUT2D eigenvalue weighted by molar-refractivity contribution is 6.04. The lowest BCUT2D eigenvalue weighted by Crippen LogP contribution is -2.45. The number of carbonyl (C=O) groups excluding carboxylic acids is 1. The van der Waals surface area contributed by atoms with Crippen molar-refractivity contribution in [1.29, 1.82) is 0 Å². The van der Waals surface area contributed by atoms with Gasteiger partial charge in [-0.25, -0.2) is 0 Å². The largest absolute Gasteiger partial charge is 0.486 e. The highest BCUT2D eigenvalue weighted by Crippen LogP contribution is 2.33. The summed E-state index contributed by atoms with van der Waals surface area (Å²) in [6.07, 6.45) is 1.97. The topological polar surface area (TPSA) is 79.5 Å². The van der Waals surface area contributed by atoms with Crippen LogP contribution in [0, 0.1) is 0 Å². The Morgan fingerprint density at radius 1 is 1.14 bits per heavy atom. The van der Waals surface area contributed by atoms with E-state index in [9.17, 15) is 4.79 Å². The Bertz CT molecular complexity index is 1020. The molecule has 1 saturated heterocycles. The molecule has 3 aromatic rings. The summed E-state index contributed by atoms with van der Waals surface area (Å²) in [6, 6.07) is 13.8. The molecular formula is C21H22N4O3. The van der Waals surface area contributed by atoms with Crippen LogP contribution in [0.5, 0.6) is 11.5 Å². The average Bonchev–Trinajstić information content (AvgIpc) is 3.17. The molecular weight excluding hydrogens is 356 g/mol. The predicted octanol–water partition coefficient (Wildman–Crippen LogP) is 3.05. The number of nitrogens with zero attached hydrogens (tertiary/aromatic N) is 2. The molecule has 3 heterocycles. The van der Waals surface area contributed by atoms with E-state index >= 15 is 0 Å². The van der Waals surface area contributed by atoms with Crippen LogP contribution in [0.3, 0.4) is 0 Å². The van der Waals surface area contributed by atoms with Gasteiger partial charge in [0.05, 0.1) is 5.52 Å². The summed E-state index contributed by atoms with van der Waals surface area (Å²) in [5, 5.41) is 11.6. The van der Waals surface area contributed by atoms with Crippen LogP contribution in [0.4, 0.5) is 5.69 Å². The average molecular weight is 378 g/mol. The highest BCUT2D eigenvalue weighted by atomic mass is 16.6. The fourth-order valence-corrected chi connectivity index (χ4v) is 3.92. The number of aromatic amines is 1. The van der Waals surface area contributed by atoms with Gasteiger partial charge in [-0.2, -0.15) is 5.10 Å². The number of likely N-dealkylation sites (tertiary alicyclic amines) is 1. The minimum absolute atomic E-state index is 0.0221. The van der Waals surface area contributed by atoms with Crippen LogP contribution in [0.2, 0.25) is 0 Å². The van der Waals surface area contributed by atoms with E-state index in [4.69, 9.17) is 9.47 Å². The van der Waals surface area contributed by atoms with Gasteiger partial charge in [-0.15, -0.1) is 0 Å². The SMILES string of the molecule is O=C(c1n[nH]c2ccccc12)N1CCCC(Nc2ccc3c(c2)OCCO3)C1. The second-order valence-corrected chi connectivity index (χ2v) is 7.21. The third-order valence-corrected chi connectivity index (χ3v) is 5.29. The Balaban J connectivity index is 1.30. The van der Waals surface area contributed by atoms with E-state index in [1.165, 1.54) is 0 Å². The number of hydrogen-bond donors (Lipinski definition) is 2. The maximum Gasteiger partial charge on any atom is 0.275 e. The van der Waals surface area contributed by atoms with Crippen molar-refractivity contribution in [2.24, 2.45) is 0 Å². The van der Waals surface area contributed by atoms with Crippen molar-refractivity contribution >= 4 is 22.5 Å². The molecule has 7 nitrogen and oxygen atoms in total. The number of carbonyl (C=O) groups is 1. The number of ether oxygens (including phenoxy) is 2. The van der Waals surface area contributed by atoms with E-state index < -0.39 is 0 Å². The maximum atomic E-state index is 13.0. The number of para-hydroxylation sites is 1. The molecule has 0 saturated carbocycles. The molecule has 7 heteroatoms. The zero-order valence-electron chi connectivity index (χ0n) is 15.5. The summed E-state index contributed by atoms with van der Waals surface area (Å²) in [6.45, 7) is 2.55. The Morgan fingerprint density at radius 2 is 2.00 bits per heavy atom. The number of amides is 1. The first-order chi connectivity index (χ1) is 13.8. The molecule has 0 aliphatic carbocycles. The number of rotatable bonds is 3. The second-order valence-electron chi connectivity index (χ2n) is 7.21. The lowest BCUT2D eigenvalue weighted by Gasteiger charge is -2.33. The van der Waals surface area contributed by atoms with Crippen LogP contribution < -0.4 is 14.8 Å². The normalized spacial score (nSPS) is 18.9. The Morgan fingerprint density at radius 3 is 2.93 bits per heavy atom. The first kappa shape index (κ1) is 16.9. The third-order valence-electron chi connectivity index (χ3n) is 5.29. The summed E-state index contributed by atoms with van der Waals surface area (Å²) in [5.74, 6) is 1.52. The number of aromatic nitrogens is 2. The van der Waals surface area contributed by atoms with Crippen LogP contribution in [-0.4, -0.2) is 53.3 Å². The summed E-state index contributed by atoms with van der Waals surface area (Å²) < 4.78 is 11.2. The molecule has 2 aromatic carbocycles. The number of fused-ring (bicyclic) bond motifs is 2. The lowest BCUT2D eigenvalue weighted by atomic mass is 10.0. The van der Waals surface area contributed by atoms with Gasteiger partial charge < -0.3 is 19.7 Å². The first-order valence-electron chi connectivity index (χ1n) is 9.66. The molecule has 1 atom stereocenters. The van der Waals surface area contributed by atoms with Gasteiger partial charge in [-0.05, 0) is 31.0 Å². The zero-order valence-corrected chi connectivity index (χ0v) is 15.5. The second kappa shape index (κ2) is 7.07. The maximum absolute atomic E-state index is 13.0. The molecule has 5 rings (SSSR count). The number of H-pyrrole nitrogens is 1. The van der Waals surface area contributed by atoms with Gasteiger partial charge in [0.15, 0.2) is 17.2 Å².